The van der Waals surface area contributed by atoms with Gasteiger partial charge in [0.15, 0.2) is 0 Å². The SMILES string of the molecule is CN(CC(=O)N(C)C1CCCCC1)C(=O)CCN. The minimum atomic E-state index is -0.0668. The molecule has 0 aromatic carbocycles. The standard InChI is InChI=1S/C13H25N3O2/c1-15(12(17)8-9-14)10-13(18)16(2)11-6-4-3-5-7-11/h11H,3-10,14H2,1-2H3. The van der Waals surface area contributed by atoms with Gasteiger partial charge in [-0.3, -0.25) is 9.59 Å². The molecule has 0 aromatic rings. The summed E-state index contributed by atoms with van der Waals surface area (Å²) in [5.41, 5.74) is 5.33. The van der Waals surface area contributed by atoms with Crippen molar-refractivity contribution in [1.82, 2.24) is 9.80 Å². The molecule has 1 aliphatic rings. The van der Waals surface area contributed by atoms with Gasteiger partial charge in [-0.1, -0.05) is 19.3 Å². The first-order valence-corrected chi connectivity index (χ1v) is 6.76. The fourth-order valence-corrected chi connectivity index (χ4v) is 2.39. The van der Waals surface area contributed by atoms with Crippen molar-refractivity contribution < 1.29 is 9.59 Å². The van der Waals surface area contributed by atoms with Crippen LogP contribution in [0.1, 0.15) is 38.5 Å². The number of nitrogens with two attached hydrogens (primary N) is 1. The van der Waals surface area contributed by atoms with Crippen molar-refractivity contribution in [3.05, 3.63) is 0 Å². The molecular formula is C13H25N3O2. The lowest BCUT2D eigenvalue weighted by atomic mass is 9.94. The topological polar surface area (TPSA) is 66.6 Å². The Morgan fingerprint density at radius 2 is 1.72 bits per heavy atom. The van der Waals surface area contributed by atoms with Crippen LogP contribution < -0.4 is 5.73 Å². The molecule has 104 valence electrons. The summed E-state index contributed by atoms with van der Waals surface area (Å²) < 4.78 is 0. The van der Waals surface area contributed by atoms with Gasteiger partial charge in [-0.15, -0.1) is 0 Å². The molecule has 0 radical (unpaired) electrons. The van der Waals surface area contributed by atoms with Gasteiger partial charge in [0.1, 0.15) is 0 Å². The Balaban J connectivity index is 2.41. The van der Waals surface area contributed by atoms with E-state index in [-0.39, 0.29) is 18.4 Å². The number of likely N-dealkylation sites (N-methyl/N-ethyl adjacent to an activating group) is 2. The Labute approximate surface area is 109 Å². The first-order chi connectivity index (χ1) is 8.56. The molecule has 1 fully saturated rings. The van der Waals surface area contributed by atoms with E-state index in [1.165, 1.54) is 24.2 Å². The molecule has 2 amide bonds. The van der Waals surface area contributed by atoms with E-state index in [4.69, 9.17) is 5.73 Å². The van der Waals surface area contributed by atoms with E-state index in [0.717, 1.165) is 12.8 Å². The predicted molar refractivity (Wildman–Crippen MR) is 71.0 cm³/mol. The van der Waals surface area contributed by atoms with E-state index in [0.29, 0.717) is 19.0 Å². The van der Waals surface area contributed by atoms with Gasteiger partial charge in [0.2, 0.25) is 11.8 Å². The maximum Gasteiger partial charge on any atom is 0.242 e. The molecule has 2 N–H and O–H groups in total. The summed E-state index contributed by atoms with van der Waals surface area (Å²) in [6, 6.07) is 0.351. The normalized spacial score (nSPS) is 16.4. The molecule has 1 aliphatic carbocycles. The fourth-order valence-electron chi connectivity index (χ4n) is 2.39. The molecule has 0 aliphatic heterocycles. The smallest absolute Gasteiger partial charge is 0.242 e. The number of carbonyl (C=O) groups excluding carboxylic acids is 2. The Hall–Kier alpha value is -1.10. The fraction of sp³-hybridized carbons (Fsp3) is 0.846. The molecule has 18 heavy (non-hydrogen) atoms. The van der Waals surface area contributed by atoms with E-state index in [9.17, 15) is 9.59 Å². The van der Waals surface area contributed by atoms with E-state index < -0.39 is 0 Å². The lowest BCUT2D eigenvalue weighted by molar-refractivity contribution is -0.140. The Morgan fingerprint density at radius 3 is 2.28 bits per heavy atom. The third-order valence-electron chi connectivity index (χ3n) is 3.67. The predicted octanol–water partition coefficient (Wildman–Crippen LogP) is 0.585. The lowest BCUT2D eigenvalue weighted by Gasteiger charge is -2.32. The Morgan fingerprint density at radius 1 is 1.11 bits per heavy atom. The van der Waals surface area contributed by atoms with Crippen LogP contribution in [-0.2, 0) is 9.59 Å². The van der Waals surface area contributed by atoms with Crippen molar-refractivity contribution in [1.29, 1.82) is 0 Å². The molecule has 0 saturated heterocycles. The molecule has 0 atom stereocenters. The van der Waals surface area contributed by atoms with Gasteiger partial charge in [0.05, 0.1) is 6.54 Å². The summed E-state index contributed by atoms with van der Waals surface area (Å²) in [4.78, 5) is 26.9. The maximum atomic E-state index is 12.1. The van der Waals surface area contributed by atoms with Crippen LogP contribution in [0.25, 0.3) is 0 Å². The molecule has 0 spiro atoms. The molecular weight excluding hydrogens is 230 g/mol. The molecule has 0 heterocycles. The highest BCUT2D eigenvalue weighted by Crippen LogP contribution is 2.21. The van der Waals surface area contributed by atoms with Crippen molar-refractivity contribution in [2.45, 2.75) is 44.6 Å². The number of amides is 2. The van der Waals surface area contributed by atoms with Gasteiger partial charge in [-0.2, -0.15) is 0 Å². The monoisotopic (exact) mass is 255 g/mol. The number of carbonyl (C=O) groups is 2. The summed E-state index contributed by atoms with van der Waals surface area (Å²) in [5, 5.41) is 0. The first-order valence-electron chi connectivity index (χ1n) is 6.76. The molecule has 1 rings (SSSR count). The summed E-state index contributed by atoms with van der Waals surface area (Å²) in [6.07, 6.45) is 6.14. The Kier molecular flexibility index (Phi) is 6.12. The van der Waals surface area contributed by atoms with E-state index in [1.54, 1.807) is 7.05 Å². The molecule has 5 nitrogen and oxygen atoms in total. The van der Waals surface area contributed by atoms with Crippen LogP contribution in [0.5, 0.6) is 0 Å². The van der Waals surface area contributed by atoms with Gasteiger partial charge in [-0.05, 0) is 12.8 Å². The summed E-state index contributed by atoms with van der Waals surface area (Å²) in [6.45, 7) is 0.488. The van der Waals surface area contributed by atoms with Crippen molar-refractivity contribution in [3.8, 4) is 0 Å². The van der Waals surface area contributed by atoms with Crippen LogP contribution in [0.15, 0.2) is 0 Å². The highest BCUT2D eigenvalue weighted by Gasteiger charge is 2.23. The molecule has 5 heteroatoms. The average Bonchev–Trinajstić information content (AvgIpc) is 2.39. The summed E-state index contributed by atoms with van der Waals surface area (Å²) in [7, 11) is 3.50. The maximum absolute atomic E-state index is 12.1. The Bertz CT molecular complexity index is 288. The zero-order valence-electron chi connectivity index (χ0n) is 11.5. The molecule has 1 saturated carbocycles. The van der Waals surface area contributed by atoms with Crippen LogP contribution in [-0.4, -0.2) is 54.8 Å². The van der Waals surface area contributed by atoms with E-state index in [1.807, 2.05) is 11.9 Å². The minimum Gasteiger partial charge on any atom is -0.341 e. The van der Waals surface area contributed by atoms with Crippen LogP contribution in [0.3, 0.4) is 0 Å². The van der Waals surface area contributed by atoms with Gasteiger partial charge < -0.3 is 15.5 Å². The highest BCUT2D eigenvalue weighted by atomic mass is 16.2. The quantitative estimate of drug-likeness (QED) is 0.781. The van der Waals surface area contributed by atoms with Crippen LogP contribution in [0, 0.1) is 0 Å². The minimum absolute atomic E-state index is 0.0229. The van der Waals surface area contributed by atoms with Crippen LogP contribution in [0.2, 0.25) is 0 Å². The van der Waals surface area contributed by atoms with Crippen molar-refractivity contribution in [2.24, 2.45) is 5.73 Å². The third-order valence-corrected chi connectivity index (χ3v) is 3.67. The third kappa shape index (κ3) is 4.29. The molecule has 0 unspecified atom stereocenters. The van der Waals surface area contributed by atoms with Crippen LogP contribution in [0.4, 0.5) is 0 Å². The van der Waals surface area contributed by atoms with E-state index >= 15 is 0 Å². The number of nitrogens with zero attached hydrogens (tertiary/aromatic N) is 2. The first kappa shape index (κ1) is 15.0. The largest absolute Gasteiger partial charge is 0.341 e. The average molecular weight is 255 g/mol. The van der Waals surface area contributed by atoms with E-state index in [2.05, 4.69) is 0 Å². The number of hydrogen-bond donors (Lipinski definition) is 1. The van der Waals surface area contributed by atoms with Gasteiger partial charge in [-0.25, -0.2) is 0 Å². The van der Waals surface area contributed by atoms with Gasteiger partial charge in [0, 0.05) is 33.1 Å². The zero-order chi connectivity index (χ0) is 13.5. The zero-order valence-corrected chi connectivity index (χ0v) is 11.5. The second kappa shape index (κ2) is 7.36. The lowest BCUT2D eigenvalue weighted by Crippen LogP contribution is -2.44. The summed E-state index contributed by atoms with van der Waals surface area (Å²) in [5.74, 6) is -0.0438. The molecule has 0 bridgehead atoms. The van der Waals surface area contributed by atoms with Gasteiger partial charge >= 0.3 is 0 Å². The van der Waals surface area contributed by atoms with Crippen LogP contribution >= 0.6 is 0 Å². The van der Waals surface area contributed by atoms with Gasteiger partial charge in [0.25, 0.3) is 0 Å². The number of rotatable bonds is 5. The van der Waals surface area contributed by atoms with Crippen molar-refractivity contribution >= 4 is 11.8 Å². The summed E-state index contributed by atoms with van der Waals surface area (Å²) >= 11 is 0. The second-order valence-electron chi connectivity index (χ2n) is 5.08. The highest BCUT2D eigenvalue weighted by molar-refractivity contribution is 5.84. The van der Waals surface area contributed by atoms with Crippen molar-refractivity contribution in [2.75, 3.05) is 27.2 Å². The molecule has 0 aromatic heterocycles. The number of hydrogen-bond acceptors (Lipinski definition) is 3. The van der Waals surface area contributed by atoms with Crippen molar-refractivity contribution in [3.63, 3.8) is 0 Å². The second-order valence-corrected chi connectivity index (χ2v) is 5.08.